The minimum absolute atomic E-state index is 0.00924. The molecule has 0 radical (unpaired) electrons. The molecule has 1 aromatic carbocycles. The first-order valence-corrected chi connectivity index (χ1v) is 6.60. The summed E-state index contributed by atoms with van der Waals surface area (Å²) in [6.45, 7) is 0.00924. The summed E-state index contributed by atoms with van der Waals surface area (Å²) in [6, 6.07) is 5.89. The number of nitrogens with two attached hydrogens (primary N) is 1. The first-order valence-electron chi connectivity index (χ1n) is 5.20. The van der Waals surface area contributed by atoms with Gasteiger partial charge >= 0.3 is 10.2 Å². The monoisotopic (exact) mass is 275 g/mol. The van der Waals surface area contributed by atoms with Crippen LogP contribution in [0.5, 0.6) is 0 Å². The number of benzene rings is 1. The number of anilines is 1. The highest BCUT2D eigenvalue weighted by atomic mass is 32.2. The van der Waals surface area contributed by atoms with E-state index in [1.807, 2.05) is 0 Å². The van der Waals surface area contributed by atoms with Crippen LogP contribution in [0.4, 0.5) is 5.69 Å². The van der Waals surface area contributed by atoms with E-state index in [0.717, 1.165) is 4.31 Å². The molecule has 0 heterocycles. The Balaban J connectivity index is 3.11. The fourth-order valence-electron chi connectivity index (χ4n) is 1.28. The average Bonchev–Trinajstić information content (AvgIpc) is 2.36. The van der Waals surface area contributed by atoms with Gasteiger partial charge in [-0.25, -0.2) is 0 Å². The van der Waals surface area contributed by atoms with Crippen LogP contribution < -0.4 is 10.2 Å². The van der Waals surface area contributed by atoms with E-state index >= 15 is 0 Å². The van der Waals surface area contributed by atoms with Crippen LogP contribution in [0.1, 0.15) is 11.7 Å². The van der Waals surface area contributed by atoms with Crippen molar-refractivity contribution < 1.29 is 18.7 Å². The molecule has 0 aromatic heterocycles. The van der Waals surface area contributed by atoms with Gasteiger partial charge in [0.2, 0.25) is 0 Å². The van der Waals surface area contributed by atoms with Crippen LogP contribution in [0.2, 0.25) is 0 Å². The molecule has 0 aliphatic carbocycles. The number of hydrogen-bond acceptors (Lipinski definition) is 5. The van der Waals surface area contributed by atoms with E-state index in [2.05, 4.69) is 0 Å². The molecule has 18 heavy (non-hydrogen) atoms. The maximum absolute atomic E-state index is 11.7. The van der Waals surface area contributed by atoms with Gasteiger partial charge in [0, 0.05) is 20.6 Å². The lowest BCUT2D eigenvalue weighted by Crippen LogP contribution is -2.37. The third-order valence-corrected chi connectivity index (χ3v) is 3.95. The van der Waals surface area contributed by atoms with Gasteiger partial charge in [0.1, 0.15) is 0 Å². The highest BCUT2D eigenvalue weighted by Gasteiger charge is 2.23. The maximum atomic E-state index is 11.7. The third kappa shape index (κ3) is 2.98. The zero-order valence-electron chi connectivity index (χ0n) is 10.2. The van der Waals surface area contributed by atoms with E-state index in [-0.39, 0.29) is 16.7 Å². The van der Waals surface area contributed by atoms with Crippen molar-refractivity contribution in [1.82, 2.24) is 4.31 Å². The summed E-state index contributed by atoms with van der Waals surface area (Å²) in [5.41, 5.74) is 5.78. The summed E-state index contributed by atoms with van der Waals surface area (Å²) < 4.78 is 24.4. The summed E-state index contributed by atoms with van der Waals surface area (Å²) in [4.78, 5) is 0. The van der Waals surface area contributed by atoms with Crippen molar-refractivity contribution in [3.8, 4) is 0 Å². The van der Waals surface area contributed by atoms with Gasteiger partial charge in [-0.1, -0.05) is 12.1 Å². The van der Waals surface area contributed by atoms with Crippen LogP contribution in [0.3, 0.4) is 0 Å². The van der Waals surface area contributed by atoms with Gasteiger partial charge in [0.05, 0.1) is 11.8 Å². The molecule has 0 amide bonds. The van der Waals surface area contributed by atoms with Crippen molar-refractivity contribution in [1.29, 1.82) is 0 Å². The standard InChI is InChI=1S/C10H17N3O4S/c1-12(2)18(16,17)13(15)9-5-3-4-8(6-9)10(14)7-11/h3-6,10,14-15H,7,11H2,1-2H3. The molecule has 0 saturated carbocycles. The van der Waals surface area contributed by atoms with Gasteiger partial charge in [-0.05, 0) is 17.7 Å². The molecule has 1 rings (SSSR count). The summed E-state index contributed by atoms with van der Waals surface area (Å²) in [6.07, 6.45) is -0.902. The molecule has 0 aliphatic heterocycles. The topological polar surface area (TPSA) is 107 Å². The van der Waals surface area contributed by atoms with Gasteiger partial charge in [-0.15, -0.1) is 4.47 Å². The van der Waals surface area contributed by atoms with E-state index in [1.54, 1.807) is 6.07 Å². The molecule has 1 aromatic rings. The Morgan fingerprint density at radius 3 is 2.50 bits per heavy atom. The molecule has 1 unspecified atom stereocenters. The minimum Gasteiger partial charge on any atom is -0.387 e. The Kier molecular flexibility index (Phi) is 4.65. The summed E-state index contributed by atoms with van der Waals surface area (Å²) in [7, 11) is -1.36. The van der Waals surface area contributed by atoms with E-state index < -0.39 is 16.3 Å². The van der Waals surface area contributed by atoms with Crippen LogP contribution in [0.15, 0.2) is 24.3 Å². The molecule has 7 nitrogen and oxygen atoms in total. The first-order chi connectivity index (χ1) is 8.30. The zero-order valence-corrected chi connectivity index (χ0v) is 11.0. The molecule has 0 saturated heterocycles. The lowest BCUT2D eigenvalue weighted by molar-refractivity contribution is 0.186. The van der Waals surface area contributed by atoms with Crippen molar-refractivity contribution in [3.05, 3.63) is 29.8 Å². The van der Waals surface area contributed by atoms with Crippen molar-refractivity contribution in [2.24, 2.45) is 5.73 Å². The van der Waals surface area contributed by atoms with Crippen molar-refractivity contribution >= 4 is 15.9 Å². The van der Waals surface area contributed by atoms with Crippen LogP contribution in [-0.4, -0.2) is 43.7 Å². The fraction of sp³-hybridized carbons (Fsp3) is 0.400. The van der Waals surface area contributed by atoms with Gasteiger partial charge in [-0.2, -0.15) is 12.7 Å². The molecule has 0 aliphatic rings. The van der Waals surface area contributed by atoms with Crippen LogP contribution in [0, 0.1) is 0 Å². The molecule has 1 atom stereocenters. The first kappa shape index (κ1) is 14.9. The predicted octanol–water partition coefficient (Wildman–Crippen LogP) is -0.319. The highest BCUT2D eigenvalue weighted by molar-refractivity contribution is 7.90. The second kappa shape index (κ2) is 5.63. The molecular weight excluding hydrogens is 258 g/mol. The van der Waals surface area contributed by atoms with Crippen molar-refractivity contribution in [2.75, 3.05) is 25.1 Å². The normalized spacial score (nSPS) is 13.7. The van der Waals surface area contributed by atoms with E-state index in [4.69, 9.17) is 5.73 Å². The van der Waals surface area contributed by atoms with Gasteiger partial charge in [0.15, 0.2) is 0 Å². The summed E-state index contributed by atoms with van der Waals surface area (Å²) in [5.74, 6) is 0. The minimum atomic E-state index is -3.97. The van der Waals surface area contributed by atoms with Crippen LogP contribution >= 0.6 is 0 Å². The SMILES string of the molecule is CN(C)S(=O)(=O)N(O)c1cccc(C(O)CN)c1. The Bertz CT molecular complexity index is 504. The van der Waals surface area contributed by atoms with Crippen LogP contribution in [0.25, 0.3) is 0 Å². The quantitative estimate of drug-likeness (QED) is 0.638. The molecule has 4 N–H and O–H groups in total. The van der Waals surface area contributed by atoms with Gasteiger partial charge in [0.25, 0.3) is 0 Å². The number of hydrogen-bond donors (Lipinski definition) is 3. The lowest BCUT2D eigenvalue weighted by Gasteiger charge is -2.21. The number of aliphatic hydroxyl groups is 1. The number of nitrogens with zero attached hydrogens (tertiary/aromatic N) is 2. The maximum Gasteiger partial charge on any atom is 0.326 e. The Morgan fingerprint density at radius 2 is 2.00 bits per heavy atom. The smallest absolute Gasteiger partial charge is 0.326 e. The Hall–Kier alpha value is -1.19. The zero-order chi connectivity index (χ0) is 13.9. The average molecular weight is 275 g/mol. The Morgan fingerprint density at radius 1 is 1.39 bits per heavy atom. The second-order valence-electron chi connectivity index (χ2n) is 3.88. The molecular formula is C10H17N3O4S. The Labute approximate surface area is 106 Å². The highest BCUT2D eigenvalue weighted by Crippen LogP contribution is 2.21. The molecule has 0 bridgehead atoms. The summed E-state index contributed by atoms with van der Waals surface area (Å²) >= 11 is 0. The van der Waals surface area contributed by atoms with Crippen LogP contribution in [-0.2, 0) is 10.2 Å². The van der Waals surface area contributed by atoms with Crippen molar-refractivity contribution in [2.45, 2.75) is 6.10 Å². The molecule has 0 spiro atoms. The second-order valence-corrected chi connectivity index (χ2v) is 5.85. The number of aliphatic hydroxyl groups excluding tert-OH is 1. The van der Waals surface area contributed by atoms with Gasteiger partial charge in [-0.3, -0.25) is 5.21 Å². The summed E-state index contributed by atoms with van der Waals surface area (Å²) in [5, 5.41) is 19.3. The van der Waals surface area contributed by atoms with Crippen molar-refractivity contribution in [3.63, 3.8) is 0 Å². The van der Waals surface area contributed by atoms with E-state index in [9.17, 15) is 18.7 Å². The molecule has 102 valence electrons. The fourth-order valence-corrected chi connectivity index (χ4v) is 1.96. The lowest BCUT2D eigenvalue weighted by atomic mass is 10.1. The largest absolute Gasteiger partial charge is 0.387 e. The third-order valence-electron chi connectivity index (χ3n) is 2.38. The number of rotatable bonds is 5. The predicted molar refractivity (Wildman–Crippen MR) is 67.3 cm³/mol. The molecule has 0 fully saturated rings. The molecule has 8 heteroatoms. The van der Waals surface area contributed by atoms with E-state index in [1.165, 1.54) is 32.3 Å². The van der Waals surface area contributed by atoms with Gasteiger partial charge < -0.3 is 10.8 Å². The van der Waals surface area contributed by atoms with E-state index in [0.29, 0.717) is 5.56 Å².